The molecular formula is C19H31IN4O2. The van der Waals surface area contributed by atoms with E-state index in [0.717, 1.165) is 44.2 Å². The summed E-state index contributed by atoms with van der Waals surface area (Å²) < 4.78 is 5.54. The predicted octanol–water partition coefficient (Wildman–Crippen LogP) is 2.25. The second-order valence-corrected chi connectivity index (χ2v) is 6.45. The number of benzene rings is 1. The molecule has 26 heavy (non-hydrogen) atoms. The van der Waals surface area contributed by atoms with Gasteiger partial charge in [0, 0.05) is 32.0 Å². The summed E-state index contributed by atoms with van der Waals surface area (Å²) in [5, 5.41) is 9.41. The van der Waals surface area contributed by atoms with Gasteiger partial charge < -0.3 is 20.7 Å². The lowest BCUT2D eigenvalue weighted by Crippen LogP contribution is -2.38. The molecule has 0 radical (unpaired) electrons. The molecular weight excluding hydrogens is 443 g/mol. The zero-order chi connectivity index (χ0) is 18.1. The third-order valence-corrected chi connectivity index (χ3v) is 3.86. The summed E-state index contributed by atoms with van der Waals surface area (Å²) in [6, 6.07) is 6.57. The summed E-state index contributed by atoms with van der Waals surface area (Å²) in [6.45, 7) is 8.80. The zero-order valence-corrected chi connectivity index (χ0v) is 18.3. The number of ether oxygens (including phenoxy) is 1. The average Bonchev–Trinajstić information content (AvgIpc) is 3.02. The van der Waals surface area contributed by atoms with E-state index in [0.29, 0.717) is 13.0 Å². The molecule has 0 saturated heterocycles. The molecule has 2 rings (SSSR count). The largest absolute Gasteiger partial charge is 0.493 e. The number of carbonyl (C=O) groups is 1. The van der Waals surface area contributed by atoms with Gasteiger partial charge in [-0.05, 0) is 44.4 Å². The van der Waals surface area contributed by atoms with Crippen LogP contribution in [0.1, 0.15) is 38.3 Å². The van der Waals surface area contributed by atoms with Crippen LogP contribution in [-0.2, 0) is 17.6 Å². The van der Waals surface area contributed by atoms with Crippen molar-refractivity contribution < 1.29 is 9.53 Å². The Kier molecular flexibility index (Phi) is 10.4. The van der Waals surface area contributed by atoms with Gasteiger partial charge in [0.2, 0.25) is 5.91 Å². The van der Waals surface area contributed by atoms with Gasteiger partial charge in [-0.15, -0.1) is 24.0 Å². The lowest BCUT2D eigenvalue weighted by molar-refractivity contribution is -0.121. The summed E-state index contributed by atoms with van der Waals surface area (Å²) in [6.07, 6.45) is 2.32. The van der Waals surface area contributed by atoms with E-state index in [-0.39, 0.29) is 35.9 Å². The fraction of sp³-hybridized carbons (Fsp3) is 0.579. The normalized spacial score (nSPS) is 12.8. The van der Waals surface area contributed by atoms with Crippen molar-refractivity contribution in [1.82, 2.24) is 16.0 Å². The first kappa shape index (κ1) is 22.5. The Labute approximate surface area is 173 Å². The lowest BCUT2D eigenvalue weighted by atomic mass is 10.1. The minimum atomic E-state index is 0. The number of carbonyl (C=O) groups excluding carboxylic acids is 1. The molecule has 1 aromatic carbocycles. The first-order chi connectivity index (χ1) is 12.1. The Morgan fingerprint density at radius 3 is 2.85 bits per heavy atom. The number of rotatable bonds is 8. The Hall–Kier alpha value is -1.51. The highest BCUT2D eigenvalue weighted by molar-refractivity contribution is 14.0. The summed E-state index contributed by atoms with van der Waals surface area (Å²) >= 11 is 0. The van der Waals surface area contributed by atoms with Gasteiger partial charge in [-0.3, -0.25) is 9.79 Å². The van der Waals surface area contributed by atoms with E-state index < -0.39 is 0 Å². The lowest BCUT2D eigenvalue weighted by Gasteiger charge is -2.12. The molecule has 1 aliphatic heterocycles. The van der Waals surface area contributed by atoms with Crippen molar-refractivity contribution in [1.29, 1.82) is 0 Å². The number of fused-ring (bicyclic) bond motifs is 1. The van der Waals surface area contributed by atoms with Crippen molar-refractivity contribution in [3.8, 4) is 5.75 Å². The van der Waals surface area contributed by atoms with Crippen molar-refractivity contribution in [2.45, 2.75) is 46.1 Å². The van der Waals surface area contributed by atoms with Crippen molar-refractivity contribution in [2.24, 2.45) is 4.99 Å². The third kappa shape index (κ3) is 7.80. The molecule has 3 N–H and O–H groups in total. The highest BCUT2D eigenvalue weighted by Crippen LogP contribution is 2.25. The predicted molar refractivity (Wildman–Crippen MR) is 117 cm³/mol. The van der Waals surface area contributed by atoms with Gasteiger partial charge in [-0.25, -0.2) is 0 Å². The first-order valence-corrected chi connectivity index (χ1v) is 9.14. The van der Waals surface area contributed by atoms with Gasteiger partial charge in [-0.1, -0.05) is 12.1 Å². The second kappa shape index (κ2) is 12.0. The minimum Gasteiger partial charge on any atom is -0.493 e. The standard InChI is InChI=1S/C19H30N4O2.HI/c1-4-20-19(22-11-8-18(24)23-14(2)3)21-10-7-15-5-6-17-16(13-15)9-12-25-17;/h5-6,13-14H,4,7-12H2,1-3H3,(H,23,24)(H2,20,21,22);1H. The summed E-state index contributed by atoms with van der Waals surface area (Å²) in [5.41, 5.74) is 2.60. The number of guanidine groups is 1. The van der Waals surface area contributed by atoms with Crippen LogP contribution in [0.2, 0.25) is 0 Å². The van der Waals surface area contributed by atoms with E-state index in [1.807, 2.05) is 20.8 Å². The average molecular weight is 474 g/mol. The van der Waals surface area contributed by atoms with E-state index in [1.165, 1.54) is 11.1 Å². The van der Waals surface area contributed by atoms with Gasteiger partial charge in [-0.2, -0.15) is 0 Å². The van der Waals surface area contributed by atoms with Crippen molar-refractivity contribution in [2.75, 3.05) is 26.2 Å². The van der Waals surface area contributed by atoms with Crippen LogP contribution in [0, 0.1) is 0 Å². The Bertz CT molecular complexity index is 605. The number of hydrogen-bond donors (Lipinski definition) is 3. The molecule has 1 aromatic rings. The second-order valence-electron chi connectivity index (χ2n) is 6.45. The van der Waals surface area contributed by atoms with Crippen LogP contribution in [0.3, 0.4) is 0 Å². The minimum absolute atomic E-state index is 0. The maximum absolute atomic E-state index is 11.7. The number of aliphatic imine (C=N–C) groups is 1. The molecule has 1 heterocycles. The molecule has 6 nitrogen and oxygen atoms in total. The molecule has 1 aliphatic rings. The molecule has 0 aromatic heterocycles. The van der Waals surface area contributed by atoms with Crippen LogP contribution >= 0.6 is 24.0 Å². The van der Waals surface area contributed by atoms with Gasteiger partial charge in [0.15, 0.2) is 5.96 Å². The fourth-order valence-corrected chi connectivity index (χ4v) is 2.73. The number of nitrogens with zero attached hydrogens (tertiary/aromatic N) is 1. The highest BCUT2D eigenvalue weighted by Gasteiger charge is 2.11. The van der Waals surface area contributed by atoms with Crippen molar-refractivity contribution in [3.63, 3.8) is 0 Å². The molecule has 0 spiro atoms. The van der Waals surface area contributed by atoms with Crippen LogP contribution in [0.25, 0.3) is 0 Å². The Morgan fingerprint density at radius 2 is 2.12 bits per heavy atom. The third-order valence-electron chi connectivity index (χ3n) is 3.86. The Morgan fingerprint density at radius 1 is 1.31 bits per heavy atom. The molecule has 0 saturated carbocycles. The summed E-state index contributed by atoms with van der Waals surface area (Å²) in [7, 11) is 0. The van der Waals surface area contributed by atoms with Crippen LogP contribution in [0.5, 0.6) is 5.75 Å². The van der Waals surface area contributed by atoms with E-state index in [4.69, 9.17) is 4.74 Å². The topological polar surface area (TPSA) is 74.8 Å². The summed E-state index contributed by atoms with van der Waals surface area (Å²) in [4.78, 5) is 16.1. The zero-order valence-electron chi connectivity index (χ0n) is 15.9. The maximum Gasteiger partial charge on any atom is 0.222 e. The molecule has 0 fully saturated rings. The summed E-state index contributed by atoms with van der Waals surface area (Å²) in [5.74, 6) is 1.81. The van der Waals surface area contributed by atoms with E-state index in [9.17, 15) is 4.79 Å². The number of halogens is 1. The van der Waals surface area contributed by atoms with E-state index in [2.05, 4.69) is 39.1 Å². The smallest absolute Gasteiger partial charge is 0.222 e. The number of nitrogens with one attached hydrogen (secondary N) is 3. The number of hydrogen-bond acceptors (Lipinski definition) is 3. The molecule has 1 amide bonds. The first-order valence-electron chi connectivity index (χ1n) is 9.14. The van der Waals surface area contributed by atoms with Crippen LogP contribution in [0.4, 0.5) is 0 Å². The Balaban J connectivity index is 0.00000338. The van der Waals surface area contributed by atoms with Crippen LogP contribution in [-0.4, -0.2) is 44.1 Å². The van der Waals surface area contributed by atoms with Gasteiger partial charge in [0.1, 0.15) is 5.75 Å². The molecule has 7 heteroatoms. The molecule has 0 unspecified atom stereocenters. The van der Waals surface area contributed by atoms with Gasteiger partial charge in [0.05, 0.1) is 13.2 Å². The van der Waals surface area contributed by atoms with Crippen LogP contribution in [0.15, 0.2) is 23.2 Å². The molecule has 0 bridgehead atoms. The molecule has 146 valence electrons. The molecule has 0 aliphatic carbocycles. The maximum atomic E-state index is 11.7. The number of amides is 1. The quantitative estimate of drug-likeness (QED) is 0.307. The van der Waals surface area contributed by atoms with Gasteiger partial charge in [0.25, 0.3) is 0 Å². The van der Waals surface area contributed by atoms with Crippen molar-refractivity contribution >= 4 is 35.8 Å². The fourth-order valence-electron chi connectivity index (χ4n) is 2.73. The van der Waals surface area contributed by atoms with E-state index in [1.54, 1.807) is 0 Å². The van der Waals surface area contributed by atoms with Crippen molar-refractivity contribution in [3.05, 3.63) is 29.3 Å². The van der Waals surface area contributed by atoms with Gasteiger partial charge >= 0.3 is 0 Å². The monoisotopic (exact) mass is 474 g/mol. The molecule has 0 atom stereocenters. The van der Waals surface area contributed by atoms with E-state index >= 15 is 0 Å². The SMILES string of the molecule is CCNC(=NCCC(=O)NC(C)C)NCCc1ccc2c(c1)CCO2.I. The van der Waals surface area contributed by atoms with Crippen LogP contribution < -0.4 is 20.7 Å². The highest BCUT2D eigenvalue weighted by atomic mass is 127.